The van der Waals surface area contributed by atoms with Crippen LogP contribution in [0.1, 0.15) is 45.4 Å². The van der Waals surface area contributed by atoms with Crippen LogP contribution in [0.5, 0.6) is 0 Å². The number of ether oxygens (including phenoxy) is 1. The molecule has 17 heavy (non-hydrogen) atoms. The number of alkyl halides is 1. The predicted molar refractivity (Wildman–Crippen MR) is 73.5 cm³/mol. The van der Waals surface area contributed by atoms with Gasteiger partial charge in [0.15, 0.2) is 0 Å². The topological polar surface area (TPSA) is 29.5 Å². The van der Waals surface area contributed by atoms with Gasteiger partial charge < -0.3 is 9.64 Å². The number of nitrogens with zero attached hydrogens (tertiary/aromatic N) is 1. The number of unbranched alkanes of at least 4 members (excludes halogenated alkanes) is 4. The fraction of sp³-hybridized carbons (Fsp3) is 0.923. The minimum atomic E-state index is 0.174. The molecule has 1 aliphatic heterocycles. The van der Waals surface area contributed by atoms with Crippen molar-refractivity contribution in [3.63, 3.8) is 0 Å². The molecular weight excluding hydrogens is 282 g/mol. The van der Waals surface area contributed by atoms with Crippen molar-refractivity contribution in [1.29, 1.82) is 0 Å². The lowest BCUT2D eigenvalue weighted by atomic mass is 10.1. The van der Waals surface area contributed by atoms with Gasteiger partial charge in [-0.3, -0.25) is 4.79 Å². The Bertz CT molecular complexity index is 223. The van der Waals surface area contributed by atoms with Crippen molar-refractivity contribution in [2.75, 3.05) is 25.0 Å². The Morgan fingerprint density at radius 2 is 2.12 bits per heavy atom. The van der Waals surface area contributed by atoms with Gasteiger partial charge >= 0.3 is 0 Å². The first-order valence-corrected chi connectivity index (χ1v) is 7.85. The molecule has 0 aromatic carbocycles. The van der Waals surface area contributed by atoms with E-state index in [1.54, 1.807) is 0 Å². The molecule has 0 aromatic heterocycles. The van der Waals surface area contributed by atoms with Gasteiger partial charge in [0, 0.05) is 24.8 Å². The molecule has 1 amide bonds. The fourth-order valence-corrected chi connectivity index (χ4v) is 2.47. The molecule has 1 unspecified atom stereocenters. The van der Waals surface area contributed by atoms with E-state index in [2.05, 4.69) is 22.9 Å². The molecule has 0 aromatic rings. The molecule has 0 aliphatic carbocycles. The van der Waals surface area contributed by atoms with E-state index in [1.807, 2.05) is 4.90 Å². The number of carbonyl (C=O) groups is 1. The summed E-state index contributed by atoms with van der Waals surface area (Å²) in [7, 11) is 0. The third-order valence-electron chi connectivity index (χ3n) is 3.16. The van der Waals surface area contributed by atoms with Gasteiger partial charge in [0.25, 0.3) is 0 Å². The van der Waals surface area contributed by atoms with E-state index in [-0.39, 0.29) is 6.10 Å². The summed E-state index contributed by atoms with van der Waals surface area (Å²) in [5.41, 5.74) is 0. The van der Waals surface area contributed by atoms with E-state index >= 15 is 0 Å². The monoisotopic (exact) mass is 305 g/mol. The van der Waals surface area contributed by atoms with Crippen molar-refractivity contribution in [3.8, 4) is 0 Å². The third kappa shape index (κ3) is 5.87. The molecule has 1 rings (SSSR count). The van der Waals surface area contributed by atoms with Gasteiger partial charge in [-0.1, -0.05) is 48.5 Å². The van der Waals surface area contributed by atoms with Crippen LogP contribution in [0, 0.1) is 0 Å². The molecule has 1 fully saturated rings. The van der Waals surface area contributed by atoms with Crippen LogP contribution in [-0.4, -0.2) is 41.9 Å². The molecule has 0 N–H and O–H groups in total. The van der Waals surface area contributed by atoms with Crippen molar-refractivity contribution < 1.29 is 9.53 Å². The highest BCUT2D eigenvalue weighted by molar-refractivity contribution is 9.09. The SMILES string of the molecule is CCCCCCCC(=O)N1CCOC(CBr)C1. The van der Waals surface area contributed by atoms with E-state index in [0.29, 0.717) is 18.9 Å². The van der Waals surface area contributed by atoms with Crippen LogP contribution in [0.4, 0.5) is 0 Å². The van der Waals surface area contributed by atoms with Crippen LogP contribution >= 0.6 is 15.9 Å². The van der Waals surface area contributed by atoms with E-state index in [4.69, 9.17) is 4.74 Å². The van der Waals surface area contributed by atoms with Crippen LogP contribution in [0.3, 0.4) is 0 Å². The van der Waals surface area contributed by atoms with Crippen LogP contribution in [0.25, 0.3) is 0 Å². The Balaban J connectivity index is 2.14. The van der Waals surface area contributed by atoms with Crippen molar-refractivity contribution in [1.82, 2.24) is 4.90 Å². The summed E-state index contributed by atoms with van der Waals surface area (Å²) in [4.78, 5) is 13.9. The van der Waals surface area contributed by atoms with E-state index < -0.39 is 0 Å². The lowest BCUT2D eigenvalue weighted by Gasteiger charge is -2.32. The number of hydrogen-bond donors (Lipinski definition) is 0. The molecule has 4 heteroatoms. The lowest BCUT2D eigenvalue weighted by Crippen LogP contribution is -2.46. The lowest BCUT2D eigenvalue weighted by molar-refractivity contribution is -0.138. The maximum Gasteiger partial charge on any atom is 0.222 e. The molecule has 100 valence electrons. The number of halogens is 1. The van der Waals surface area contributed by atoms with E-state index in [1.165, 1.54) is 25.7 Å². The standard InChI is InChI=1S/C13H24BrNO2/c1-2-3-4-5-6-7-13(16)15-8-9-17-12(10-14)11-15/h12H,2-11H2,1H3. The Morgan fingerprint density at radius 3 is 2.82 bits per heavy atom. The zero-order valence-electron chi connectivity index (χ0n) is 10.8. The molecule has 3 nitrogen and oxygen atoms in total. The number of rotatable bonds is 7. The Morgan fingerprint density at radius 1 is 1.35 bits per heavy atom. The number of carbonyl (C=O) groups excluding carboxylic acids is 1. The molecule has 0 bridgehead atoms. The number of morpholine rings is 1. The van der Waals surface area contributed by atoms with Crippen LogP contribution in [0.15, 0.2) is 0 Å². The first-order valence-electron chi connectivity index (χ1n) is 6.73. The van der Waals surface area contributed by atoms with Crippen molar-refractivity contribution in [3.05, 3.63) is 0 Å². The highest BCUT2D eigenvalue weighted by atomic mass is 79.9. The first kappa shape index (κ1) is 15.0. The molecule has 1 aliphatic rings. The number of hydrogen-bond acceptors (Lipinski definition) is 2. The first-order chi connectivity index (χ1) is 8.27. The van der Waals surface area contributed by atoms with Crippen LogP contribution in [0.2, 0.25) is 0 Å². The Kier molecular flexibility index (Phi) is 7.86. The smallest absolute Gasteiger partial charge is 0.222 e. The minimum Gasteiger partial charge on any atom is -0.374 e. The van der Waals surface area contributed by atoms with Gasteiger partial charge in [0.1, 0.15) is 0 Å². The third-order valence-corrected chi connectivity index (χ3v) is 3.88. The van der Waals surface area contributed by atoms with Crippen molar-refractivity contribution in [2.24, 2.45) is 0 Å². The maximum atomic E-state index is 11.9. The largest absolute Gasteiger partial charge is 0.374 e. The van der Waals surface area contributed by atoms with E-state index in [0.717, 1.165) is 24.8 Å². The van der Waals surface area contributed by atoms with Gasteiger partial charge in [0.2, 0.25) is 5.91 Å². The molecular formula is C13H24BrNO2. The molecule has 0 spiro atoms. The Hall–Kier alpha value is -0.0900. The van der Waals surface area contributed by atoms with Crippen LogP contribution in [-0.2, 0) is 9.53 Å². The highest BCUT2D eigenvalue weighted by Gasteiger charge is 2.22. The van der Waals surface area contributed by atoms with Gasteiger partial charge in [-0.15, -0.1) is 0 Å². The van der Waals surface area contributed by atoms with Crippen LogP contribution < -0.4 is 0 Å². The molecule has 0 saturated carbocycles. The van der Waals surface area contributed by atoms with Gasteiger partial charge in [-0.05, 0) is 6.42 Å². The average Bonchev–Trinajstić information content (AvgIpc) is 2.38. The quantitative estimate of drug-likeness (QED) is 0.534. The van der Waals surface area contributed by atoms with Gasteiger partial charge in [0.05, 0.1) is 12.7 Å². The normalized spacial score (nSPS) is 20.6. The summed E-state index contributed by atoms with van der Waals surface area (Å²) in [6.07, 6.45) is 6.91. The second kappa shape index (κ2) is 8.92. The highest BCUT2D eigenvalue weighted by Crippen LogP contribution is 2.11. The maximum absolute atomic E-state index is 11.9. The summed E-state index contributed by atoms with van der Waals surface area (Å²) in [6.45, 7) is 4.40. The molecule has 1 heterocycles. The van der Waals surface area contributed by atoms with E-state index in [9.17, 15) is 4.79 Å². The summed E-state index contributed by atoms with van der Waals surface area (Å²) in [5, 5.41) is 0.813. The average molecular weight is 306 g/mol. The molecule has 1 atom stereocenters. The second-order valence-electron chi connectivity index (χ2n) is 4.65. The van der Waals surface area contributed by atoms with Gasteiger partial charge in [-0.25, -0.2) is 0 Å². The zero-order chi connectivity index (χ0) is 12.5. The minimum absolute atomic E-state index is 0.174. The summed E-state index contributed by atoms with van der Waals surface area (Å²) < 4.78 is 5.52. The summed E-state index contributed by atoms with van der Waals surface area (Å²) >= 11 is 3.41. The van der Waals surface area contributed by atoms with Crippen molar-refractivity contribution in [2.45, 2.75) is 51.6 Å². The van der Waals surface area contributed by atoms with Crippen molar-refractivity contribution >= 4 is 21.8 Å². The summed E-state index contributed by atoms with van der Waals surface area (Å²) in [5.74, 6) is 0.302. The fourth-order valence-electron chi connectivity index (χ4n) is 2.08. The Labute approximate surface area is 113 Å². The molecule has 0 radical (unpaired) electrons. The number of amides is 1. The summed E-state index contributed by atoms with van der Waals surface area (Å²) in [6, 6.07) is 0. The molecule has 1 saturated heterocycles. The van der Waals surface area contributed by atoms with Gasteiger partial charge in [-0.2, -0.15) is 0 Å². The predicted octanol–water partition coefficient (Wildman–Crippen LogP) is 2.97. The second-order valence-corrected chi connectivity index (χ2v) is 5.30. The zero-order valence-corrected chi connectivity index (χ0v) is 12.4.